The van der Waals surface area contributed by atoms with Crippen molar-refractivity contribution in [2.24, 2.45) is 5.92 Å². The first kappa shape index (κ1) is 36.0. The van der Waals surface area contributed by atoms with Crippen molar-refractivity contribution in [2.45, 2.75) is 64.5 Å². The average molecular weight is 658 g/mol. The molecule has 0 aromatic heterocycles. The maximum atomic E-state index is 12.8. The Morgan fingerprint density at radius 2 is 1.50 bits per heavy atom. The molecule has 3 aromatic rings. The summed E-state index contributed by atoms with van der Waals surface area (Å²) >= 11 is 0. The van der Waals surface area contributed by atoms with Gasteiger partial charge in [-0.2, -0.15) is 0 Å². The van der Waals surface area contributed by atoms with Gasteiger partial charge in [0.25, 0.3) is 11.8 Å². The lowest BCUT2D eigenvalue weighted by Gasteiger charge is -2.41. The van der Waals surface area contributed by atoms with Crippen LogP contribution in [0.15, 0.2) is 84.9 Å². The van der Waals surface area contributed by atoms with Gasteiger partial charge >= 0.3 is 17.9 Å². The van der Waals surface area contributed by atoms with Crippen LogP contribution in [0.1, 0.15) is 73.0 Å². The molecule has 48 heavy (non-hydrogen) atoms. The van der Waals surface area contributed by atoms with Crippen LogP contribution in [0.2, 0.25) is 0 Å². The highest BCUT2D eigenvalue weighted by Crippen LogP contribution is 2.38. The van der Waals surface area contributed by atoms with Crippen LogP contribution in [0, 0.1) is 5.92 Å². The molecule has 1 heterocycles. The number of esters is 1. The summed E-state index contributed by atoms with van der Waals surface area (Å²) in [4.78, 5) is 73.1. The maximum absolute atomic E-state index is 12.8. The highest BCUT2D eigenvalue weighted by Gasteiger charge is 2.42. The number of amides is 2. The van der Waals surface area contributed by atoms with Crippen molar-refractivity contribution >= 4 is 29.7 Å². The Morgan fingerprint density at radius 3 is 2.12 bits per heavy atom. The van der Waals surface area contributed by atoms with Crippen molar-refractivity contribution in [1.82, 2.24) is 15.4 Å². The highest BCUT2D eigenvalue weighted by atomic mass is 16.7. The topological polar surface area (TPSA) is 132 Å². The third-order valence-electron chi connectivity index (χ3n) is 8.29. The maximum Gasteiger partial charge on any atom is 0.363 e. The summed E-state index contributed by atoms with van der Waals surface area (Å²) in [6.07, 6.45) is 1.61. The van der Waals surface area contributed by atoms with E-state index in [-0.39, 0.29) is 49.7 Å². The van der Waals surface area contributed by atoms with Crippen LogP contribution in [0.25, 0.3) is 0 Å². The molecule has 1 fully saturated rings. The quantitative estimate of drug-likeness (QED) is 0.122. The lowest BCUT2D eigenvalue weighted by molar-refractivity contribution is -0.172. The fraction of sp³-hybridized carbons (Fsp3) is 0.378. The van der Waals surface area contributed by atoms with Gasteiger partial charge in [-0.3, -0.25) is 19.2 Å². The predicted molar refractivity (Wildman–Crippen MR) is 176 cm³/mol. The van der Waals surface area contributed by atoms with Crippen LogP contribution in [0.4, 0.5) is 0 Å². The number of ether oxygens (including phenoxy) is 1. The summed E-state index contributed by atoms with van der Waals surface area (Å²) < 4.78 is 6.32. The van der Waals surface area contributed by atoms with Crippen molar-refractivity contribution in [1.29, 1.82) is 0 Å². The van der Waals surface area contributed by atoms with Crippen molar-refractivity contribution in [3.8, 4) is 0 Å². The number of hydrogen-bond donors (Lipinski definition) is 1. The Morgan fingerprint density at radius 1 is 0.875 bits per heavy atom. The second-order valence-corrected chi connectivity index (χ2v) is 12.0. The van der Waals surface area contributed by atoms with Gasteiger partial charge in [0.1, 0.15) is 5.60 Å². The highest BCUT2D eigenvalue weighted by molar-refractivity contribution is 6.02. The van der Waals surface area contributed by atoms with E-state index >= 15 is 0 Å². The zero-order chi connectivity index (χ0) is 34.5. The molecule has 0 radical (unpaired) electrons. The standard InChI is InChI=1S/C37H43N3O8/c1-4-34(43)46-37(31-14-9-6-10-15-31,24-28-12-7-5-8-13-28)27(2)26-39(3)23-11-16-35(44)47-38-25-29-17-19-30(20-18-29)36(45)48-40-32(41)21-22-33(40)42/h5-10,12-15,17-20,27,38H,4,11,16,21-26H2,1-3H3/t27-,37+/m1/s1. The van der Waals surface area contributed by atoms with Crippen LogP contribution in [-0.2, 0) is 52.2 Å². The molecule has 0 saturated carbocycles. The zero-order valence-electron chi connectivity index (χ0n) is 27.7. The lowest BCUT2D eigenvalue weighted by Crippen LogP contribution is -2.45. The summed E-state index contributed by atoms with van der Waals surface area (Å²) in [5.41, 5.74) is 4.70. The van der Waals surface area contributed by atoms with Gasteiger partial charge in [-0.15, -0.1) is 10.5 Å². The first-order chi connectivity index (χ1) is 23.1. The minimum absolute atomic E-state index is 0.0215. The molecule has 0 aliphatic carbocycles. The fourth-order valence-corrected chi connectivity index (χ4v) is 5.65. The first-order valence-corrected chi connectivity index (χ1v) is 16.2. The van der Waals surface area contributed by atoms with E-state index in [1.54, 1.807) is 19.1 Å². The molecule has 3 aromatic carbocycles. The molecule has 254 valence electrons. The zero-order valence-corrected chi connectivity index (χ0v) is 27.7. The minimum Gasteiger partial charge on any atom is -0.453 e. The number of carbonyl (C=O) groups excluding carboxylic acids is 5. The number of hydrogen-bond acceptors (Lipinski definition) is 10. The first-order valence-electron chi connectivity index (χ1n) is 16.2. The molecule has 0 spiro atoms. The van der Waals surface area contributed by atoms with E-state index in [4.69, 9.17) is 14.4 Å². The fourth-order valence-electron chi connectivity index (χ4n) is 5.65. The smallest absolute Gasteiger partial charge is 0.363 e. The monoisotopic (exact) mass is 657 g/mol. The van der Waals surface area contributed by atoms with Gasteiger partial charge in [0, 0.05) is 44.6 Å². The molecular weight excluding hydrogens is 614 g/mol. The number of nitrogens with zero attached hydrogens (tertiary/aromatic N) is 2. The minimum atomic E-state index is -0.878. The van der Waals surface area contributed by atoms with E-state index < -0.39 is 29.4 Å². The number of hydroxylamine groups is 3. The largest absolute Gasteiger partial charge is 0.453 e. The molecule has 11 heteroatoms. The Bertz CT molecular complexity index is 1530. The van der Waals surface area contributed by atoms with Gasteiger partial charge in [-0.1, -0.05) is 86.6 Å². The van der Waals surface area contributed by atoms with Gasteiger partial charge in [0.05, 0.1) is 12.1 Å². The molecule has 1 saturated heterocycles. The number of rotatable bonds is 17. The average Bonchev–Trinajstić information content (AvgIpc) is 3.41. The van der Waals surface area contributed by atoms with Crippen molar-refractivity contribution in [3.05, 3.63) is 107 Å². The molecule has 2 amide bonds. The second kappa shape index (κ2) is 17.3. The summed E-state index contributed by atoms with van der Waals surface area (Å²) in [6.45, 7) is 5.36. The van der Waals surface area contributed by atoms with E-state index in [2.05, 4.69) is 17.3 Å². The Labute approximate surface area is 281 Å². The SMILES string of the molecule is CCC(=O)O[C@](Cc1ccccc1)(c1ccccc1)[C@H](C)CN(C)CCCC(=O)ONCc1ccc(C(=O)ON2C(=O)CCC2=O)cc1. The van der Waals surface area contributed by atoms with Crippen LogP contribution >= 0.6 is 0 Å². The van der Waals surface area contributed by atoms with Crippen molar-refractivity contribution < 1.29 is 38.4 Å². The molecule has 11 nitrogen and oxygen atoms in total. The van der Waals surface area contributed by atoms with Gasteiger partial charge in [-0.25, -0.2) is 4.79 Å². The van der Waals surface area contributed by atoms with Gasteiger partial charge < -0.3 is 19.3 Å². The van der Waals surface area contributed by atoms with Crippen LogP contribution in [0.5, 0.6) is 0 Å². The normalized spacial score (nSPS) is 14.8. The number of benzene rings is 3. The van der Waals surface area contributed by atoms with Gasteiger partial charge in [0.15, 0.2) is 0 Å². The molecule has 0 bridgehead atoms. The van der Waals surface area contributed by atoms with Crippen LogP contribution in [-0.4, -0.2) is 59.8 Å². The van der Waals surface area contributed by atoms with E-state index in [9.17, 15) is 24.0 Å². The van der Waals surface area contributed by atoms with Gasteiger partial charge in [-0.05, 0) is 48.8 Å². The van der Waals surface area contributed by atoms with E-state index in [0.717, 1.165) is 16.7 Å². The van der Waals surface area contributed by atoms with E-state index in [1.165, 1.54) is 12.1 Å². The molecular formula is C37H43N3O8. The third kappa shape index (κ3) is 9.82. The molecule has 1 aliphatic rings. The lowest BCUT2D eigenvalue weighted by atomic mass is 9.77. The summed E-state index contributed by atoms with van der Waals surface area (Å²) in [5.74, 6) is -2.64. The molecule has 4 rings (SSSR count). The van der Waals surface area contributed by atoms with E-state index in [1.807, 2.05) is 67.7 Å². The summed E-state index contributed by atoms with van der Waals surface area (Å²) in [6, 6.07) is 26.2. The van der Waals surface area contributed by atoms with Gasteiger partial charge in [0.2, 0.25) is 0 Å². The van der Waals surface area contributed by atoms with Crippen LogP contribution in [0.3, 0.4) is 0 Å². The Hall–Kier alpha value is -4.87. The second-order valence-electron chi connectivity index (χ2n) is 12.0. The molecule has 1 N–H and O–H groups in total. The molecule has 0 unspecified atom stereocenters. The number of carbonyl (C=O) groups is 5. The number of nitrogens with one attached hydrogen (secondary N) is 1. The van der Waals surface area contributed by atoms with Crippen LogP contribution < -0.4 is 5.48 Å². The molecule has 2 atom stereocenters. The van der Waals surface area contributed by atoms with Crippen molar-refractivity contribution in [3.63, 3.8) is 0 Å². The van der Waals surface area contributed by atoms with E-state index in [0.29, 0.717) is 31.0 Å². The number of imide groups is 1. The van der Waals surface area contributed by atoms with Crippen molar-refractivity contribution in [2.75, 3.05) is 20.1 Å². The Balaban J connectivity index is 1.25. The predicted octanol–water partition coefficient (Wildman–Crippen LogP) is 4.89. The third-order valence-corrected chi connectivity index (χ3v) is 8.29. The summed E-state index contributed by atoms with van der Waals surface area (Å²) in [5, 5.41) is 0.504. The molecule has 1 aliphatic heterocycles. The Kier molecular flexibility index (Phi) is 13.0. The summed E-state index contributed by atoms with van der Waals surface area (Å²) in [7, 11) is 1.99.